The van der Waals surface area contributed by atoms with Crippen molar-refractivity contribution in [2.45, 2.75) is 136 Å². The van der Waals surface area contributed by atoms with Crippen molar-refractivity contribution in [3.8, 4) is 0 Å². The lowest BCUT2D eigenvalue weighted by Gasteiger charge is -2.26. The summed E-state index contributed by atoms with van der Waals surface area (Å²) < 4.78 is 0. The Labute approximate surface area is 187 Å². The van der Waals surface area contributed by atoms with Gasteiger partial charge in [0.1, 0.15) is 0 Å². The highest BCUT2D eigenvalue weighted by Gasteiger charge is 2.21. The molecule has 0 aromatic carbocycles. The van der Waals surface area contributed by atoms with Gasteiger partial charge in [0.2, 0.25) is 0 Å². The molecule has 2 nitrogen and oxygen atoms in total. The van der Waals surface area contributed by atoms with Crippen LogP contribution in [0.1, 0.15) is 130 Å². The molecular formula is C23H51BrClNO. The van der Waals surface area contributed by atoms with Crippen molar-refractivity contribution in [2.24, 2.45) is 5.41 Å². The van der Waals surface area contributed by atoms with Crippen LogP contribution in [0.2, 0.25) is 0 Å². The Balaban J connectivity index is -0.00000288. The van der Waals surface area contributed by atoms with Crippen LogP contribution in [-0.4, -0.2) is 17.1 Å². The van der Waals surface area contributed by atoms with Crippen molar-refractivity contribution >= 4 is 28.6 Å². The van der Waals surface area contributed by atoms with E-state index in [2.05, 4.69) is 20.8 Å². The number of aliphatic hydroxyl groups is 1. The smallest absolute Gasteiger partial charge is 0.0680 e. The van der Waals surface area contributed by atoms with Gasteiger partial charge >= 0.3 is 0 Å². The van der Waals surface area contributed by atoms with Crippen LogP contribution in [0.4, 0.5) is 0 Å². The maximum absolute atomic E-state index is 9.69. The molecule has 0 radical (unpaired) electrons. The minimum atomic E-state index is -0.340. The van der Waals surface area contributed by atoms with E-state index in [1.807, 2.05) is 0 Å². The Hall–Kier alpha value is 0.690. The first-order chi connectivity index (χ1) is 12.0. The van der Waals surface area contributed by atoms with Gasteiger partial charge in [0, 0.05) is 5.88 Å². The first-order valence-corrected chi connectivity index (χ1v) is 11.8. The van der Waals surface area contributed by atoms with Gasteiger partial charge in [-0.3, -0.25) is 0 Å². The van der Waals surface area contributed by atoms with Gasteiger partial charge in [-0.15, -0.1) is 28.6 Å². The molecule has 0 aliphatic carbocycles. The molecule has 0 heterocycles. The maximum Gasteiger partial charge on any atom is 0.0680 e. The molecule has 0 aromatic heterocycles. The molecule has 168 valence electrons. The minimum absolute atomic E-state index is 0. The van der Waals surface area contributed by atoms with E-state index in [4.69, 9.17) is 11.6 Å². The molecule has 4 N–H and O–H groups in total. The number of hydrogen-bond acceptors (Lipinski definition) is 2. The average Bonchev–Trinajstić information content (AvgIpc) is 2.57. The molecule has 0 amide bonds. The number of rotatable bonds is 19. The zero-order valence-electron chi connectivity index (χ0n) is 18.7. The van der Waals surface area contributed by atoms with Crippen molar-refractivity contribution in [1.29, 1.82) is 0 Å². The van der Waals surface area contributed by atoms with Crippen LogP contribution in [0, 0.1) is 5.41 Å². The predicted octanol–water partition coefficient (Wildman–Crippen LogP) is 9.00. The molecule has 0 aromatic rings. The Kier molecular flexibility index (Phi) is 27.5. The highest BCUT2D eigenvalue weighted by molar-refractivity contribution is 8.93. The van der Waals surface area contributed by atoms with Crippen molar-refractivity contribution in [2.75, 3.05) is 5.88 Å². The van der Waals surface area contributed by atoms with Crippen LogP contribution >= 0.6 is 28.6 Å². The Morgan fingerprint density at radius 3 is 1.37 bits per heavy atom. The molecule has 0 aliphatic rings. The zero-order chi connectivity index (χ0) is 18.8. The maximum atomic E-state index is 9.69. The molecular weight excluding hydrogens is 422 g/mol. The Morgan fingerprint density at radius 1 is 0.704 bits per heavy atom. The molecule has 4 heteroatoms. The van der Waals surface area contributed by atoms with Crippen LogP contribution in [-0.2, 0) is 0 Å². The van der Waals surface area contributed by atoms with Crippen molar-refractivity contribution in [1.82, 2.24) is 6.15 Å². The monoisotopic (exact) mass is 471 g/mol. The molecule has 0 saturated heterocycles. The highest BCUT2D eigenvalue weighted by atomic mass is 79.9. The standard InChI is InChI=1S/C23H47ClO.BrH.H3N/c1-4-5-6-7-8-9-10-11-12-13-14-15-16-17-18-19-23(2,3)20-22(25)21-24;;/h22,25H,4-21H2,1-3H3;1H;1H3. The fourth-order valence-electron chi connectivity index (χ4n) is 3.77. The molecule has 0 bridgehead atoms. The molecule has 0 fully saturated rings. The highest BCUT2D eigenvalue weighted by Crippen LogP contribution is 2.29. The first kappa shape index (κ1) is 32.4. The Morgan fingerprint density at radius 2 is 1.04 bits per heavy atom. The predicted molar refractivity (Wildman–Crippen MR) is 130 cm³/mol. The number of halogens is 2. The normalized spacial score (nSPS) is 12.3. The van der Waals surface area contributed by atoms with Crippen LogP contribution in [0.15, 0.2) is 0 Å². The molecule has 27 heavy (non-hydrogen) atoms. The second-order valence-electron chi connectivity index (χ2n) is 8.88. The number of hydrogen-bond donors (Lipinski definition) is 2. The van der Waals surface area contributed by atoms with E-state index in [1.165, 1.54) is 103 Å². The van der Waals surface area contributed by atoms with E-state index < -0.39 is 0 Å². The molecule has 0 saturated carbocycles. The lowest BCUT2D eigenvalue weighted by atomic mass is 9.82. The lowest BCUT2D eigenvalue weighted by Crippen LogP contribution is -2.21. The van der Waals surface area contributed by atoms with E-state index in [9.17, 15) is 5.11 Å². The van der Waals surface area contributed by atoms with E-state index in [-0.39, 0.29) is 34.7 Å². The van der Waals surface area contributed by atoms with E-state index in [1.54, 1.807) is 0 Å². The van der Waals surface area contributed by atoms with Crippen molar-refractivity contribution in [3.63, 3.8) is 0 Å². The summed E-state index contributed by atoms with van der Waals surface area (Å²) in [5.41, 5.74) is 0.227. The van der Waals surface area contributed by atoms with E-state index in [0.29, 0.717) is 5.88 Å². The summed E-state index contributed by atoms with van der Waals surface area (Å²) >= 11 is 5.71. The van der Waals surface area contributed by atoms with Gasteiger partial charge in [-0.2, -0.15) is 0 Å². The summed E-state index contributed by atoms with van der Waals surface area (Å²) in [5.74, 6) is 0.363. The minimum Gasteiger partial charge on any atom is -0.392 e. The lowest BCUT2D eigenvalue weighted by molar-refractivity contribution is 0.125. The summed E-state index contributed by atoms with van der Waals surface area (Å²) in [5, 5.41) is 9.69. The van der Waals surface area contributed by atoms with Gasteiger partial charge in [-0.05, 0) is 18.3 Å². The molecule has 1 atom stereocenters. The largest absolute Gasteiger partial charge is 0.392 e. The Bertz CT molecular complexity index is 277. The second-order valence-corrected chi connectivity index (χ2v) is 9.18. The fraction of sp³-hybridized carbons (Fsp3) is 1.00. The summed E-state index contributed by atoms with van der Waals surface area (Å²) in [6.45, 7) is 6.80. The van der Waals surface area contributed by atoms with Crippen LogP contribution in [0.25, 0.3) is 0 Å². The van der Waals surface area contributed by atoms with Gasteiger partial charge in [0.25, 0.3) is 0 Å². The van der Waals surface area contributed by atoms with E-state index >= 15 is 0 Å². The van der Waals surface area contributed by atoms with Crippen molar-refractivity contribution in [3.05, 3.63) is 0 Å². The second kappa shape index (κ2) is 23.0. The topological polar surface area (TPSA) is 55.2 Å². The summed E-state index contributed by atoms with van der Waals surface area (Å²) in [6, 6.07) is 0. The third-order valence-corrected chi connectivity index (χ3v) is 5.78. The molecule has 0 spiro atoms. The quantitative estimate of drug-likeness (QED) is 0.145. The van der Waals surface area contributed by atoms with E-state index in [0.717, 1.165) is 6.42 Å². The van der Waals surface area contributed by atoms with Gasteiger partial charge in [-0.1, -0.05) is 117 Å². The van der Waals surface area contributed by atoms with Crippen LogP contribution in [0.3, 0.4) is 0 Å². The third kappa shape index (κ3) is 24.7. The number of aliphatic hydroxyl groups excluding tert-OH is 1. The molecule has 0 aliphatic heterocycles. The van der Waals surface area contributed by atoms with Gasteiger partial charge in [-0.25, -0.2) is 0 Å². The van der Waals surface area contributed by atoms with Gasteiger partial charge in [0.05, 0.1) is 6.10 Å². The fourth-order valence-corrected chi connectivity index (χ4v) is 3.88. The molecule has 1 unspecified atom stereocenters. The number of unbranched alkanes of at least 4 members (excludes halogenated alkanes) is 14. The third-order valence-electron chi connectivity index (χ3n) is 5.42. The zero-order valence-corrected chi connectivity index (χ0v) is 21.2. The van der Waals surface area contributed by atoms with Gasteiger partial charge < -0.3 is 11.3 Å². The number of alkyl halides is 1. The summed E-state index contributed by atoms with van der Waals surface area (Å²) in [7, 11) is 0. The van der Waals surface area contributed by atoms with Crippen LogP contribution in [0.5, 0.6) is 0 Å². The first-order valence-electron chi connectivity index (χ1n) is 11.3. The molecule has 0 rings (SSSR count). The SMILES string of the molecule is Br.CCCCCCCCCCCCCCCCCC(C)(C)CC(O)CCl.N. The summed E-state index contributed by atoms with van der Waals surface area (Å²) in [6.07, 6.45) is 22.9. The summed E-state index contributed by atoms with van der Waals surface area (Å²) in [4.78, 5) is 0. The van der Waals surface area contributed by atoms with Crippen LogP contribution < -0.4 is 6.15 Å². The van der Waals surface area contributed by atoms with Gasteiger partial charge in [0.15, 0.2) is 0 Å². The van der Waals surface area contributed by atoms with Crippen molar-refractivity contribution < 1.29 is 5.11 Å². The average molecular weight is 473 g/mol.